The van der Waals surface area contributed by atoms with Crippen LogP contribution in [0.15, 0.2) is 133 Å². The molecule has 0 saturated heterocycles. The number of aryl methyl sites for hydroxylation is 2. The van der Waals surface area contributed by atoms with Crippen molar-refractivity contribution in [3.63, 3.8) is 0 Å². The molecule has 0 bridgehead atoms. The van der Waals surface area contributed by atoms with Crippen LogP contribution >= 0.6 is 0 Å². The van der Waals surface area contributed by atoms with Crippen LogP contribution in [-0.2, 0) is 9.59 Å². The maximum Gasteiger partial charge on any atom is 0.257 e. The van der Waals surface area contributed by atoms with Crippen LogP contribution in [0.25, 0.3) is 31.9 Å². The Kier molecular flexibility index (Phi) is 16.2. The second kappa shape index (κ2) is 21.9. The van der Waals surface area contributed by atoms with Gasteiger partial charge in [-0.15, -0.1) is 0 Å². The van der Waals surface area contributed by atoms with Crippen molar-refractivity contribution in [1.29, 1.82) is 10.5 Å². The number of nitrogens with one attached hydrogen (secondary N) is 2. The Labute approximate surface area is 387 Å². The monoisotopic (exact) mass is 876 g/mol. The van der Waals surface area contributed by atoms with Crippen LogP contribution in [0.4, 0.5) is 34.1 Å². The average molecular weight is 877 g/mol. The number of rotatable bonds is 14. The van der Waals surface area contributed by atoms with Gasteiger partial charge in [-0.05, 0) is 117 Å². The molecule has 0 aliphatic heterocycles. The predicted molar refractivity (Wildman–Crippen MR) is 262 cm³/mol. The summed E-state index contributed by atoms with van der Waals surface area (Å²) >= 11 is 0. The molecular weight excluding hydrogens is 825 g/mol. The molecule has 0 aliphatic rings. The van der Waals surface area contributed by atoms with Gasteiger partial charge >= 0.3 is 0 Å². The third kappa shape index (κ3) is 12.3. The highest BCUT2D eigenvalue weighted by molar-refractivity contribution is 5.98. The van der Waals surface area contributed by atoms with Crippen molar-refractivity contribution in [2.75, 3.05) is 47.1 Å². The number of likely N-dealkylation sites (N-methyl/N-ethyl adjacent to an activating group) is 1. The summed E-state index contributed by atoms with van der Waals surface area (Å²) in [6.07, 6.45) is 0.815. The maximum atomic E-state index is 13.0. The Morgan fingerprint density at radius 1 is 0.667 bits per heavy atom. The Bertz CT molecular complexity index is 2870. The zero-order chi connectivity index (χ0) is 48.0. The van der Waals surface area contributed by atoms with Crippen LogP contribution in [0.1, 0.15) is 49.4 Å². The number of nitriles is 2. The zero-order valence-electron chi connectivity index (χ0n) is 37.9. The second-order valence-corrected chi connectivity index (χ2v) is 16.4. The molecule has 0 radical (unpaired) electrons. The van der Waals surface area contributed by atoms with E-state index in [4.69, 9.17) is 13.1 Å². The Balaban J connectivity index is 0.000000248. The van der Waals surface area contributed by atoms with Crippen LogP contribution in [0.3, 0.4) is 0 Å². The summed E-state index contributed by atoms with van der Waals surface area (Å²) in [4.78, 5) is 36.4. The van der Waals surface area contributed by atoms with Crippen LogP contribution < -0.4 is 20.4 Å². The molecule has 2 amide bonds. The summed E-state index contributed by atoms with van der Waals surface area (Å²) in [5.41, 5.74) is 6.45. The molecule has 0 spiro atoms. The van der Waals surface area contributed by atoms with Gasteiger partial charge in [-0.1, -0.05) is 79.7 Å². The lowest BCUT2D eigenvalue weighted by Crippen LogP contribution is -2.50. The van der Waals surface area contributed by atoms with Gasteiger partial charge in [0.2, 0.25) is 0 Å². The van der Waals surface area contributed by atoms with E-state index in [1.165, 1.54) is 13.8 Å². The summed E-state index contributed by atoms with van der Waals surface area (Å²) < 4.78 is 0. The van der Waals surface area contributed by atoms with Crippen molar-refractivity contribution in [2.24, 2.45) is 0 Å². The fourth-order valence-electron chi connectivity index (χ4n) is 7.35. The van der Waals surface area contributed by atoms with E-state index in [0.29, 0.717) is 40.4 Å². The second-order valence-electron chi connectivity index (χ2n) is 16.4. The number of anilines is 4. The Hall–Kier alpha value is -8.26. The van der Waals surface area contributed by atoms with E-state index < -0.39 is 23.0 Å². The van der Waals surface area contributed by atoms with Crippen LogP contribution in [0.2, 0.25) is 0 Å². The van der Waals surface area contributed by atoms with E-state index in [1.54, 1.807) is 80.4 Å². The molecule has 2 atom stereocenters. The third-order valence-corrected chi connectivity index (χ3v) is 10.9. The molecule has 12 nitrogen and oxygen atoms in total. The largest absolute Gasteiger partial charge is 0.378 e. The third-order valence-electron chi connectivity index (χ3n) is 10.9. The topological polar surface area (TPSA) is 161 Å². The highest BCUT2D eigenvalue weighted by Gasteiger charge is 2.34. The molecule has 4 N–H and O–H groups in total. The fraction of sp³-hybridized carbons (Fsp3) is 0.222. The van der Waals surface area contributed by atoms with Gasteiger partial charge in [0.15, 0.2) is 22.6 Å². The Morgan fingerprint density at radius 2 is 1.18 bits per heavy atom. The summed E-state index contributed by atoms with van der Waals surface area (Å²) in [5.74, 6) is -1.07. The van der Waals surface area contributed by atoms with Gasteiger partial charge in [-0.25, -0.2) is 9.69 Å². The normalized spacial score (nSPS) is 12.2. The molecule has 12 heteroatoms. The number of amides is 2. The number of carbonyl (C=O) groups excluding carboxylic acids is 2. The van der Waals surface area contributed by atoms with Crippen molar-refractivity contribution >= 4 is 45.9 Å². The quantitative estimate of drug-likeness (QED) is 0.0787. The predicted octanol–water partition coefficient (Wildman–Crippen LogP) is 10.6. The SMILES string of the molecule is [C-]#[N+]c1ccc(NC(=O)[C@@](C)(O)CN(C)c2ccc(C#N)cc2-c2ccccc2)cc1C.[C-]#[N+]c1ccc(NC(=O)[C@@](C)(O)CN(CCC)c2ccc(C#N)c(-c3ccccc3)c2)cc1C. The van der Waals surface area contributed by atoms with Crippen molar-refractivity contribution in [2.45, 2.75) is 52.2 Å². The molecule has 6 aromatic carbocycles. The molecular formula is C54H52N8O4. The minimum absolute atomic E-state index is 0.0314. The molecule has 332 valence electrons. The highest BCUT2D eigenvalue weighted by atomic mass is 16.3. The molecule has 66 heavy (non-hydrogen) atoms. The van der Waals surface area contributed by atoms with Gasteiger partial charge < -0.3 is 30.6 Å². The van der Waals surface area contributed by atoms with Gasteiger partial charge in [0.05, 0.1) is 49.5 Å². The summed E-state index contributed by atoms with van der Waals surface area (Å²) in [5, 5.41) is 46.5. The molecule has 6 rings (SSSR count). The summed E-state index contributed by atoms with van der Waals surface area (Å²) in [6, 6.07) is 44.7. The average Bonchev–Trinajstić information content (AvgIpc) is 3.31. The first-order valence-electron chi connectivity index (χ1n) is 21.2. The number of hydrogen-bond donors (Lipinski definition) is 4. The lowest BCUT2D eigenvalue weighted by atomic mass is 9.98. The molecule has 0 saturated carbocycles. The van der Waals surface area contributed by atoms with Crippen molar-refractivity contribution in [1.82, 2.24) is 0 Å². The summed E-state index contributed by atoms with van der Waals surface area (Å²) in [6.45, 7) is 23.6. The van der Waals surface area contributed by atoms with Crippen LogP contribution in [-0.4, -0.2) is 59.9 Å². The van der Waals surface area contributed by atoms with Crippen molar-refractivity contribution in [3.05, 3.63) is 179 Å². The van der Waals surface area contributed by atoms with E-state index in [1.807, 2.05) is 90.7 Å². The van der Waals surface area contributed by atoms with E-state index >= 15 is 0 Å². The lowest BCUT2D eigenvalue weighted by Gasteiger charge is -2.32. The van der Waals surface area contributed by atoms with Crippen LogP contribution in [0, 0.1) is 49.7 Å². The van der Waals surface area contributed by atoms with Crippen molar-refractivity contribution < 1.29 is 19.8 Å². The molecule has 0 heterocycles. The Morgan fingerprint density at radius 3 is 1.65 bits per heavy atom. The first-order chi connectivity index (χ1) is 31.5. The van der Waals surface area contributed by atoms with Gasteiger partial charge in [0.25, 0.3) is 11.8 Å². The number of nitrogens with zero attached hydrogens (tertiary/aromatic N) is 6. The van der Waals surface area contributed by atoms with E-state index in [9.17, 15) is 30.3 Å². The zero-order valence-corrected chi connectivity index (χ0v) is 37.9. The van der Waals surface area contributed by atoms with Gasteiger partial charge in [-0.3, -0.25) is 9.59 Å². The highest BCUT2D eigenvalue weighted by Crippen LogP contribution is 2.33. The fourth-order valence-corrected chi connectivity index (χ4v) is 7.35. The van der Waals surface area contributed by atoms with Gasteiger partial charge in [0, 0.05) is 47.5 Å². The molecule has 0 fully saturated rings. The molecule has 6 aromatic rings. The van der Waals surface area contributed by atoms with Crippen molar-refractivity contribution in [3.8, 4) is 34.4 Å². The number of carbonyl (C=O) groups is 2. The molecule has 0 aromatic heterocycles. The van der Waals surface area contributed by atoms with E-state index in [2.05, 4.69) is 32.5 Å². The maximum absolute atomic E-state index is 13.0. The first kappa shape index (κ1) is 48.8. The van der Waals surface area contributed by atoms with E-state index in [-0.39, 0.29) is 13.1 Å². The standard InChI is InChI=1S/C28H28N4O2.C26H24N4O2/c1-5-15-32(24-13-11-22(18-29)25(17-24)21-9-7-6-8-10-21)19-28(3,34)27(33)31-23-12-14-26(30-4)20(2)16-23;1-18-14-21(11-12-23(18)28-3)29-25(31)26(2,32)17-30(4)24-13-10-19(16-27)15-22(24)20-8-6-5-7-9-20/h6-14,16-17,34H,5,15,19H2,1-3H3,(H,31,33);5-15,32H,17H2,1-2,4H3,(H,29,31)/t28-;26-/m00/s1. The molecule has 0 aliphatic carbocycles. The minimum Gasteiger partial charge on any atom is -0.378 e. The number of hydrogen-bond acceptors (Lipinski definition) is 8. The minimum atomic E-state index is -1.69. The van der Waals surface area contributed by atoms with E-state index in [0.717, 1.165) is 51.2 Å². The van der Waals surface area contributed by atoms with Crippen LogP contribution in [0.5, 0.6) is 0 Å². The number of benzene rings is 6. The van der Waals surface area contributed by atoms with Gasteiger partial charge in [-0.2, -0.15) is 10.5 Å². The lowest BCUT2D eigenvalue weighted by molar-refractivity contribution is -0.132. The smallest absolute Gasteiger partial charge is 0.257 e. The molecule has 0 unspecified atom stereocenters. The summed E-state index contributed by atoms with van der Waals surface area (Å²) in [7, 11) is 1.80. The number of aliphatic hydroxyl groups is 2. The first-order valence-corrected chi connectivity index (χ1v) is 21.2. The van der Waals surface area contributed by atoms with Gasteiger partial charge in [0.1, 0.15) is 0 Å².